The van der Waals surface area contributed by atoms with Crippen LogP contribution in [0.2, 0.25) is 0 Å². The molecule has 1 aromatic carbocycles. The Kier molecular flexibility index (Phi) is 4.85. The Hall–Kier alpha value is -2.30. The van der Waals surface area contributed by atoms with Crippen LogP contribution in [0.15, 0.2) is 42.6 Å². The van der Waals surface area contributed by atoms with Crippen molar-refractivity contribution in [3.8, 4) is 0 Å². The Morgan fingerprint density at radius 1 is 1.27 bits per heavy atom. The third kappa shape index (κ3) is 4.35. The van der Waals surface area contributed by atoms with E-state index >= 15 is 0 Å². The number of ether oxygens (including phenoxy) is 1. The Labute approximate surface area is 130 Å². The summed E-state index contributed by atoms with van der Waals surface area (Å²) in [5.41, 5.74) is 0.434. The SMILES string of the molecule is CC(C)(C)OC(=O)N1C=CC[C@H]1C(=O)NCc1ccccc1. The number of nitrogens with one attached hydrogen (secondary N) is 1. The fourth-order valence-corrected chi connectivity index (χ4v) is 2.16. The van der Waals surface area contributed by atoms with Gasteiger partial charge >= 0.3 is 6.09 Å². The quantitative estimate of drug-likeness (QED) is 0.934. The highest BCUT2D eigenvalue weighted by molar-refractivity contribution is 5.87. The van der Waals surface area contributed by atoms with Crippen molar-refractivity contribution in [2.24, 2.45) is 0 Å². The van der Waals surface area contributed by atoms with Crippen LogP contribution in [0.3, 0.4) is 0 Å². The average molecular weight is 302 g/mol. The summed E-state index contributed by atoms with van der Waals surface area (Å²) in [6.07, 6.45) is 3.42. The molecular formula is C17H22N2O3. The maximum atomic E-state index is 12.3. The molecule has 0 aliphatic carbocycles. The van der Waals surface area contributed by atoms with E-state index in [0.717, 1.165) is 5.56 Å². The highest BCUT2D eigenvalue weighted by atomic mass is 16.6. The topological polar surface area (TPSA) is 58.6 Å². The maximum absolute atomic E-state index is 12.3. The van der Waals surface area contributed by atoms with Gasteiger partial charge in [-0.25, -0.2) is 4.79 Å². The summed E-state index contributed by atoms with van der Waals surface area (Å²) in [6.45, 7) is 5.85. The average Bonchev–Trinajstić information content (AvgIpc) is 2.93. The lowest BCUT2D eigenvalue weighted by molar-refractivity contribution is -0.125. The summed E-state index contributed by atoms with van der Waals surface area (Å²) in [6, 6.07) is 9.12. The van der Waals surface area contributed by atoms with E-state index in [-0.39, 0.29) is 5.91 Å². The van der Waals surface area contributed by atoms with E-state index in [1.54, 1.807) is 33.0 Å². The van der Waals surface area contributed by atoms with Crippen LogP contribution in [-0.4, -0.2) is 28.5 Å². The number of carbonyl (C=O) groups is 2. The molecule has 0 saturated heterocycles. The predicted molar refractivity (Wildman–Crippen MR) is 83.9 cm³/mol. The molecule has 5 heteroatoms. The largest absolute Gasteiger partial charge is 0.443 e. The predicted octanol–water partition coefficient (Wildman–Crippen LogP) is 2.83. The number of hydrogen-bond donors (Lipinski definition) is 1. The van der Waals surface area contributed by atoms with Crippen LogP contribution in [0.4, 0.5) is 4.79 Å². The van der Waals surface area contributed by atoms with Crippen molar-refractivity contribution in [2.75, 3.05) is 0 Å². The molecule has 22 heavy (non-hydrogen) atoms. The maximum Gasteiger partial charge on any atom is 0.415 e. The molecule has 5 nitrogen and oxygen atoms in total. The molecule has 2 rings (SSSR count). The van der Waals surface area contributed by atoms with Crippen LogP contribution in [0, 0.1) is 0 Å². The zero-order chi connectivity index (χ0) is 16.2. The Morgan fingerprint density at radius 3 is 2.59 bits per heavy atom. The molecule has 1 aliphatic heterocycles. The first-order valence-corrected chi connectivity index (χ1v) is 7.36. The number of rotatable bonds is 3. The van der Waals surface area contributed by atoms with Crippen molar-refractivity contribution in [3.63, 3.8) is 0 Å². The van der Waals surface area contributed by atoms with E-state index in [1.165, 1.54) is 4.90 Å². The number of amides is 2. The van der Waals surface area contributed by atoms with Crippen LogP contribution in [-0.2, 0) is 16.1 Å². The second-order valence-corrected chi connectivity index (χ2v) is 6.23. The van der Waals surface area contributed by atoms with Crippen LogP contribution in [0.1, 0.15) is 32.8 Å². The Bertz CT molecular complexity index is 561. The second kappa shape index (κ2) is 6.64. The van der Waals surface area contributed by atoms with Crippen molar-refractivity contribution in [3.05, 3.63) is 48.2 Å². The zero-order valence-electron chi connectivity index (χ0n) is 13.2. The van der Waals surface area contributed by atoms with E-state index < -0.39 is 17.7 Å². The molecule has 1 atom stereocenters. The molecule has 118 valence electrons. The van der Waals surface area contributed by atoms with E-state index in [9.17, 15) is 9.59 Å². The normalized spacial score (nSPS) is 17.4. The van der Waals surface area contributed by atoms with Gasteiger partial charge in [-0.1, -0.05) is 36.4 Å². The summed E-state index contributed by atoms with van der Waals surface area (Å²) in [5, 5.41) is 2.86. The number of hydrogen-bond acceptors (Lipinski definition) is 3. The van der Waals surface area contributed by atoms with E-state index in [2.05, 4.69) is 5.32 Å². The van der Waals surface area contributed by atoms with Crippen molar-refractivity contribution in [2.45, 2.75) is 45.4 Å². The molecule has 0 spiro atoms. The van der Waals surface area contributed by atoms with Gasteiger partial charge in [-0.3, -0.25) is 9.69 Å². The van der Waals surface area contributed by atoms with Gasteiger partial charge in [0.2, 0.25) is 5.91 Å². The van der Waals surface area contributed by atoms with Gasteiger partial charge in [0.15, 0.2) is 0 Å². The molecule has 0 aromatic heterocycles. The summed E-state index contributed by atoms with van der Waals surface area (Å²) in [5.74, 6) is -0.181. The lowest BCUT2D eigenvalue weighted by Gasteiger charge is -2.27. The molecule has 0 fully saturated rings. The molecular weight excluding hydrogens is 280 g/mol. The summed E-state index contributed by atoms with van der Waals surface area (Å²) in [7, 11) is 0. The second-order valence-electron chi connectivity index (χ2n) is 6.23. The van der Waals surface area contributed by atoms with Crippen molar-refractivity contribution in [1.82, 2.24) is 10.2 Å². The van der Waals surface area contributed by atoms with Crippen molar-refractivity contribution >= 4 is 12.0 Å². The molecule has 1 aliphatic rings. The minimum absolute atomic E-state index is 0.181. The molecule has 1 aromatic rings. The van der Waals surface area contributed by atoms with Crippen LogP contribution >= 0.6 is 0 Å². The first-order valence-electron chi connectivity index (χ1n) is 7.36. The molecule has 0 bridgehead atoms. The molecule has 0 saturated carbocycles. The number of carbonyl (C=O) groups excluding carboxylic acids is 2. The van der Waals surface area contributed by atoms with Crippen LogP contribution in [0.5, 0.6) is 0 Å². The summed E-state index contributed by atoms with van der Waals surface area (Å²) >= 11 is 0. The lowest BCUT2D eigenvalue weighted by atomic mass is 10.2. The van der Waals surface area contributed by atoms with E-state index in [4.69, 9.17) is 4.74 Å². The van der Waals surface area contributed by atoms with Gasteiger partial charge in [-0.15, -0.1) is 0 Å². The summed E-state index contributed by atoms with van der Waals surface area (Å²) < 4.78 is 5.32. The minimum Gasteiger partial charge on any atom is -0.443 e. The first kappa shape index (κ1) is 16.1. The zero-order valence-corrected chi connectivity index (χ0v) is 13.2. The van der Waals surface area contributed by atoms with Crippen molar-refractivity contribution in [1.29, 1.82) is 0 Å². The first-order chi connectivity index (χ1) is 10.4. The molecule has 1 N–H and O–H groups in total. The van der Waals surface area contributed by atoms with Gasteiger partial charge in [-0.05, 0) is 32.8 Å². The molecule has 2 amide bonds. The fraction of sp³-hybridized carbons (Fsp3) is 0.412. The van der Waals surface area contributed by atoms with Gasteiger partial charge in [0.1, 0.15) is 11.6 Å². The van der Waals surface area contributed by atoms with Gasteiger partial charge in [0.05, 0.1) is 0 Å². The lowest BCUT2D eigenvalue weighted by Crippen LogP contribution is -2.46. The third-order valence-electron chi connectivity index (χ3n) is 3.18. The molecule has 0 radical (unpaired) electrons. The summed E-state index contributed by atoms with van der Waals surface area (Å²) in [4.78, 5) is 25.8. The van der Waals surface area contributed by atoms with Gasteiger partial charge in [0.25, 0.3) is 0 Å². The van der Waals surface area contributed by atoms with Crippen LogP contribution < -0.4 is 5.32 Å². The number of benzene rings is 1. The number of nitrogens with zero attached hydrogens (tertiary/aromatic N) is 1. The highest BCUT2D eigenvalue weighted by Crippen LogP contribution is 2.19. The van der Waals surface area contributed by atoms with Crippen LogP contribution in [0.25, 0.3) is 0 Å². The smallest absolute Gasteiger partial charge is 0.415 e. The molecule has 1 heterocycles. The fourth-order valence-electron chi connectivity index (χ4n) is 2.16. The third-order valence-corrected chi connectivity index (χ3v) is 3.18. The monoisotopic (exact) mass is 302 g/mol. The van der Waals surface area contributed by atoms with E-state index in [0.29, 0.717) is 13.0 Å². The van der Waals surface area contributed by atoms with Gasteiger partial charge in [-0.2, -0.15) is 0 Å². The Balaban J connectivity index is 1.93. The highest BCUT2D eigenvalue weighted by Gasteiger charge is 2.33. The Morgan fingerprint density at radius 2 is 1.95 bits per heavy atom. The van der Waals surface area contributed by atoms with Gasteiger partial charge in [0, 0.05) is 12.7 Å². The van der Waals surface area contributed by atoms with Crippen molar-refractivity contribution < 1.29 is 14.3 Å². The minimum atomic E-state index is -0.585. The molecule has 0 unspecified atom stereocenters. The standard InChI is InChI=1S/C17H22N2O3/c1-17(2,3)22-16(21)19-11-7-10-14(19)15(20)18-12-13-8-5-4-6-9-13/h4-9,11,14H,10,12H2,1-3H3,(H,18,20)/t14-/m0/s1. The van der Waals surface area contributed by atoms with Gasteiger partial charge < -0.3 is 10.1 Å². The van der Waals surface area contributed by atoms with E-state index in [1.807, 2.05) is 30.3 Å².